The topological polar surface area (TPSA) is 30.9 Å². The fraction of sp³-hybridized carbons (Fsp3) is 0.793. The van der Waals surface area contributed by atoms with Crippen LogP contribution in [-0.2, 0) is 14.3 Å². The molecular formula is C29H51NO3. The Morgan fingerprint density at radius 1 is 0.939 bits per heavy atom. The van der Waals surface area contributed by atoms with Gasteiger partial charge in [0.15, 0.2) is 5.79 Å². The van der Waals surface area contributed by atoms with Crippen LogP contribution >= 0.6 is 0 Å². The minimum Gasteiger partial charge on any atom is -0.347 e. The smallest absolute Gasteiger partial charge is 0.172 e. The van der Waals surface area contributed by atoms with Gasteiger partial charge in [0.2, 0.25) is 0 Å². The summed E-state index contributed by atoms with van der Waals surface area (Å²) in [4.78, 5) is 6.57. The minimum atomic E-state index is -0.490. The Morgan fingerprint density at radius 3 is 2.12 bits per heavy atom. The molecule has 2 saturated heterocycles. The van der Waals surface area contributed by atoms with Crippen LogP contribution in [0.1, 0.15) is 125 Å². The van der Waals surface area contributed by atoms with Crippen LogP contribution in [-0.4, -0.2) is 34.6 Å². The van der Waals surface area contributed by atoms with Crippen LogP contribution in [0.25, 0.3) is 0 Å². The summed E-state index contributed by atoms with van der Waals surface area (Å²) in [6.07, 6.45) is 10.9. The molecule has 0 N–H and O–H groups in total. The molecule has 33 heavy (non-hydrogen) atoms. The number of piperidine rings is 1. The van der Waals surface area contributed by atoms with E-state index in [2.05, 4.69) is 70.9 Å². The number of rotatable bonds is 10. The molecule has 0 saturated carbocycles. The van der Waals surface area contributed by atoms with Crippen molar-refractivity contribution in [3.8, 4) is 0 Å². The molecule has 2 atom stereocenters. The molecule has 2 unspecified atom stereocenters. The second kappa shape index (κ2) is 12.7. The van der Waals surface area contributed by atoms with Crippen LogP contribution in [0.4, 0.5) is 0 Å². The average Bonchev–Trinajstić information content (AvgIpc) is 3.15. The van der Waals surface area contributed by atoms with Crippen LogP contribution < -0.4 is 0 Å². The van der Waals surface area contributed by atoms with Gasteiger partial charge in [-0.3, -0.25) is 4.84 Å². The summed E-state index contributed by atoms with van der Waals surface area (Å²) in [5, 5.41) is 2.21. The van der Waals surface area contributed by atoms with E-state index in [4.69, 9.17) is 14.3 Å². The van der Waals surface area contributed by atoms with Gasteiger partial charge in [0.1, 0.15) is 6.10 Å². The quantitative estimate of drug-likeness (QED) is 0.328. The molecule has 0 aliphatic carbocycles. The Morgan fingerprint density at radius 2 is 1.52 bits per heavy atom. The zero-order chi connectivity index (χ0) is 24.5. The van der Waals surface area contributed by atoms with E-state index in [0.717, 1.165) is 25.9 Å². The Bertz CT molecular complexity index is 655. The van der Waals surface area contributed by atoms with E-state index in [9.17, 15) is 0 Å². The van der Waals surface area contributed by atoms with E-state index in [-0.39, 0.29) is 23.3 Å². The lowest BCUT2D eigenvalue weighted by Crippen LogP contribution is -2.65. The predicted molar refractivity (Wildman–Crippen MR) is 138 cm³/mol. The zero-order valence-electron chi connectivity index (χ0n) is 22.8. The fourth-order valence-electron chi connectivity index (χ4n) is 5.67. The number of hydrogen-bond acceptors (Lipinski definition) is 4. The molecule has 190 valence electrons. The second-order valence-corrected chi connectivity index (χ2v) is 10.9. The largest absolute Gasteiger partial charge is 0.347 e. The third-order valence-electron chi connectivity index (χ3n) is 6.83. The maximum Gasteiger partial charge on any atom is 0.172 e. The van der Waals surface area contributed by atoms with Gasteiger partial charge in [-0.1, -0.05) is 89.6 Å². The van der Waals surface area contributed by atoms with E-state index < -0.39 is 5.79 Å². The first-order valence-corrected chi connectivity index (χ1v) is 13.5. The summed E-state index contributed by atoms with van der Waals surface area (Å²) in [6.45, 7) is 18.1. The number of ether oxygens (including phenoxy) is 2. The van der Waals surface area contributed by atoms with Gasteiger partial charge in [0.05, 0.1) is 12.7 Å². The Balaban J connectivity index is 0.00000187. The highest BCUT2D eigenvalue weighted by Gasteiger charge is 2.57. The molecule has 1 spiro atoms. The summed E-state index contributed by atoms with van der Waals surface area (Å²) < 4.78 is 13.0. The minimum absolute atomic E-state index is 0.000304. The van der Waals surface area contributed by atoms with Crippen LogP contribution in [0.5, 0.6) is 0 Å². The normalized spacial score (nSPS) is 24.3. The summed E-state index contributed by atoms with van der Waals surface area (Å²) in [6, 6.07) is 10.4. The van der Waals surface area contributed by atoms with Crippen molar-refractivity contribution in [1.82, 2.24) is 5.06 Å². The SMILES string of the molecule is CC.CCCCCCCCC1COC2(CC(C)(C)N(OC(C)c3ccccc3)C(C)(C)C2)O1. The lowest BCUT2D eigenvalue weighted by molar-refractivity contribution is -0.351. The van der Waals surface area contributed by atoms with Crippen LogP contribution in [0.3, 0.4) is 0 Å². The van der Waals surface area contributed by atoms with Gasteiger partial charge in [0.25, 0.3) is 0 Å². The fourth-order valence-corrected chi connectivity index (χ4v) is 5.67. The van der Waals surface area contributed by atoms with Crippen molar-refractivity contribution in [2.24, 2.45) is 0 Å². The molecule has 2 aliphatic rings. The van der Waals surface area contributed by atoms with Gasteiger partial charge in [-0.15, -0.1) is 0 Å². The number of benzene rings is 1. The lowest BCUT2D eigenvalue weighted by Gasteiger charge is -2.56. The third-order valence-corrected chi connectivity index (χ3v) is 6.83. The summed E-state index contributed by atoms with van der Waals surface area (Å²) >= 11 is 0. The third kappa shape index (κ3) is 7.78. The van der Waals surface area contributed by atoms with Crippen molar-refractivity contribution < 1.29 is 14.3 Å². The monoisotopic (exact) mass is 461 g/mol. The number of unbranched alkanes of at least 4 members (excludes halogenated alkanes) is 5. The average molecular weight is 462 g/mol. The van der Waals surface area contributed by atoms with E-state index in [1.165, 1.54) is 44.1 Å². The molecule has 3 rings (SSSR count). The lowest BCUT2D eigenvalue weighted by atomic mass is 9.78. The Hall–Kier alpha value is -0.940. The molecule has 4 heteroatoms. The molecule has 0 amide bonds. The molecule has 2 fully saturated rings. The molecule has 2 heterocycles. The number of nitrogens with zero attached hydrogens (tertiary/aromatic N) is 1. The Kier molecular flexibility index (Phi) is 10.9. The van der Waals surface area contributed by atoms with Crippen LogP contribution in [0.15, 0.2) is 30.3 Å². The summed E-state index contributed by atoms with van der Waals surface area (Å²) in [7, 11) is 0. The predicted octanol–water partition coefficient (Wildman–Crippen LogP) is 8.22. The Labute approximate surface area is 204 Å². The van der Waals surface area contributed by atoms with Crippen molar-refractivity contribution in [3.63, 3.8) is 0 Å². The number of hydrogen-bond donors (Lipinski definition) is 0. The van der Waals surface area contributed by atoms with E-state index >= 15 is 0 Å². The highest BCUT2D eigenvalue weighted by Crippen LogP contribution is 2.49. The number of hydroxylamine groups is 2. The maximum absolute atomic E-state index is 6.62. The van der Waals surface area contributed by atoms with Crippen LogP contribution in [0, 0.1) is 0 Å². The van der Waals surface area contributed by atoms with Gasteiger partial charge in [-0.05, 0) is 46.6 Å². The maximum atomic E-state index is 6.62. The highest BCUT2D eigenvalue weighted by atomic mass is 16.7. The standard InChI is InChI=1S/C27H45NO3.C2H6/c1-7-8-9-10-11-15-18-24-19-29-27(30-24)20-25(3,4)28(26(5,6)21-27)31-22(2)23-16-13-12-14-17-23;1-2/h12-14,16-17,22,24H,7-11,15,18-21H2,1-6H3;1-2H3. The second-order valence-electron chi connectivity index (χ2n) is 10.9. The molecule has 1 aromatic carbocycles. The summed E-state index contributed by atoms with van der Waals surface area (Å²) in [5.41, 5.74) is 0.807. The van der Waals surface area contributed by atoms with E-state index in [0.29, 0.717) is 0 Å². The molecular weight excluding hydrogens is 410 g/mol. The van der Waals surface area contributed by atoms with Gasteiger partial charge >= 0.3 is 0 Å². The first-order valence-electron chi connectivity index (χ1n) is 13.5. The molecule has 0 radical (unpaired) electrons. The van der Waals surface area contributed by atoms with Gasteiger partial charge in [-0.25, -0.2) is 0 Å². The van der Waals surface area contributed by atoms with Crippen LogP contribution in [0.2, 0.25) is 0 Å². The zero-order valence-corrected chi connectivity index (χ0v) is 22.8. The van der Waals surface area contributed by atoms with Crippen molar-refractivity contribution in [2.75, 3.05) is 6.61 Å². The molecule has 0 aromatic heterocycles. The molecule has 4 nitrogen and oxygen atoms in total. The van der Waals surface area contributed by atoms with Gasteiger partial charge < -0.3 is 9.47 Å². The van der Waals surface area contributed by atoms with Crippen molar-refractivity contribution in [3.05, 3.63) is 35.9 Å². The first-order chi connectivity index (χ1) is 15.7. The molecule has 1 aromatic rings. The van der Waals surface area contributed by atoms with Crippen molar-refractivity contribution in [1.29, 1.82) is 0 Å². The highest BCUT2D eigenvalue weighted by molar-refractivity contribution is 5.17. The van der Waals surface area contributed by atoms with Gasteiger partial charge in [0, 0.05) is 23.9 Å². The molecule has 0 bridgehead atoms. The first kappa shape index (κ1) is 28.3. The van der Waals surface area contributed by atoms with Gasteiger partial charge in [-0.2, -0.15) is 5.06 Å². The summed E-state index contributed by atoms with van der Waals surface area (Å²) in [5.74, 6) is -0.490. The van der Waals surface area contributed by atoms with Crippen molar-refractivity contribution >= 4 is 0 Å². The molecule has 2 aliphatic heterocycles. The van der Waals surface area contributed by atoms with E-state index in [1.54, 1.807) is 0 Å². The van der Waals surface area contributed by atoms with E-state index in [1.807, 2.05) is 19.9 Å². The van der Waals surface area contributed by atoms with Crippen molar-refractivity contribution in [2.45, 2.75) is 142 Å².